The number of rotatable bonds is 14. The Labute approximate surface area is 227 Å². The summed E-state index contributed by atoms with van der Waals surface area (Å²) in [5, 5.41) is 0. The molecule has 1 saturated carbocycles. The minimum atomic E-state index is -1.32. The van der Waals surface area contributed by atoms with Crippen LogP contribution in [0.3, 0.4) is 0 Å². The Morgan fingerprint density at radius 1 is 0.838 bits per heavy atom. The van der Waals surface area contributed by atoms with Crippen LogP contribution in [0.1, 0.15) is 117 Å². The minimum absolute atomic E-state index is 0.426. The minimum Gasteiger partial charge on any atom is -0.327 e. The Bertz CT molecular complexity index is 794. The molecule has 1 fully saturated rings. The summed E-state index contributed by atoms with van der Waals surface area (Å²) in [6, 6.07) is 4.88. The SMILES string of the molecule is CCCCC(CC)C[PH](=O)CC(CC)CCCC.Cc1ccc(N=C=O)cc1N=C=O.[CH]1CCCCC1. The number of carbonyl (C=O) groups excluding carboxylic acids is 2. The zero-order valence-corrected chi connectivity index (χ0v) is 25.2. The summed E-state index contributed by atoms with van der Waals surface area (Å²) in [6.45, 7) is 10.8. The highest BCUT2D eigenvalue weighted by Crippen LogP contribution is 2.33. The van der Waals surface area contributed by atoms with Crippen LogP contribution in [0.15, 0.2) is 28.2 Å². The maximum absolute atomic E-state index is 12.3. The second-order valence-corrected chi connectivity index (χ2v) is 12.0. The molecule has 0 aliphatic heterocycles. The lowest BCUT2D eigenvalue weighted by molar-refractivity contribution is 0.470. The molecule has 0 heterocycles. The van der Waals surface area contributed by atoms with Gasteiger partial charge in [-0.15, -0.1) is 0 Å². The molecule has 5 nitrogen and oxygen atoms in total. The summed E-state index contributed by atoms with van der Waals surface area (Å²) in [5.41, 5.74) is 1.72. The molecule has 1 radical (unpaired) electrons. The van der Waals surface area contributed by atoms with Crippen molar-refractivity contribution in [2.45, 2.75) is 118 Å². The van der Waals surface area contributed by atoms with Gasteiger partial charge in [0, 0.05) is 12.3 Å². The molecule has 37 heavy (non-hydrogen) atoms. The van der Waals surface area contributed by atoms with Crippen LogP contribution in [0.5, 0.6) is 0 Å². The molecule has 0 bridgehead atoms. The topological polar surface area (TPSA) is 75.9 Å². The molecule has 6 heteroatoms. The molecule has 2 atom stereocenters. The van der Waals surface area contributed by atoms with Crippen molar-refractivity contribution in [2.75, 3.05) is 12.3 Å². The molecule has 209 valence electrons. The molecule has 2 rings (SSSR count). The van der Waals surface area contributed by atoms with Crippen molar-refractivity contribution in [3.63, 3.8) is 0 Å². The first-order valence-electron chi connectivity index (χ1n) is 14.5. The van der Waals surface area contributed by atoms with Crippen molar-refractivity contribution < 1.29 is 14.2 Å². The van der Waals surface area contributed by atoms with E-state index >= 15 is 0 Å². The number of hydrogen-bond acceptors (Lipinski definition) is 5. The first-order valence-corrected chi connectivity index (χ1v) is 16.4. The third kappa shape index (κ3) is 19.0. The average molecular weight is 532 g/mol. The van der Waals surface area contributed by atoms with Crippen LogP contribution in [0.2, 0.25) is 0 Å². The summed E-state index contributed by atoms with van der Waals surface area (Å²) in [6.07, 6.45) is 24.5. The second kappa shape index (κ2) is 24.5. The highest BCUT2D eigenvalue weighted by Gasteiger charge is 2.14. The monoisotopic (exact) mass is 531 g/mol. The number of benzene rings is 1. The van der Waals surface area contributed by atoms with Crippen molar-refractivity contribution in [3.8, 4) is 0 Å². The molecule has 2 unspecified atom stereocenters. The van der Waals surface area contributed by atoms with Gasteiger partial charge < -0.3 is 4.57 Å². The molecular weight excluding hydrogens is 479 g/mol. The number of unbranched alkanes of at least 4 members (excludes halogenated alkanes) is 2. The van der Waals surface area contributed by atoms with E-state index in [-0.39, 0.29) is 0 Å². The Kier molecular flexibility index (Phi) is 23.4. The van der Waals surface area contributed by atoms with Gasteiger partial charge in [0.2, 0.25) is 12.2 Å². The largest absolute Gasteiger partial charge is 0.327 e. The van der Waals surface area contributed by atoms with Gasteiger partial charge in [-0.2, -0.15) is 9.98 Å². The quantitative estimate of drug-likeness (QED) is 0.136. The van der Waals surface area contributed by atoms with Gasteiger partial charge in [-0.05, 0) is 42.9 Å². The number of nitrogens with zero attached hydrogens (tertiary/aromatic N) is 2. The Morgan fingerprint density at radius 3 is 1.76 bits per heavy atom. The number of aliphatic imine (C=N–C) groups is 2. The van der Waals surface area contributed by atoms with Gasteiger partial charge in [-0.3, -0.25) is 0 Å². The first kappa shape index (κ1) is 35.2. The molecule has 1 aliphatic rings. The predicted octanol–water partition coefficient (Wildman–Crippen LogP) is 10.1. The average Bonchev–Trinajstić information content (AvgIpc) is 2.92. The van der Waals surface area contributed by atoms with Crippen molar-refractivity contribution >= 4 is 31.3 Å². The standard InChI is InChI=1S/C16H35OP.C9H6N2O2.C6H11/c1-5-9-11-15(7-3)13-18(17)14-16(8-4)12-10-6-2;1-7-2-3-8(10-5-12)4-9(7)11-6-13;1-2-4-6-5-3-1/h15-16,18H,5-14H2,1-4H3;2-4H,1H3;1H,2-6H2. The lowest BCUT2D eigenvalue weighted by Gasteiger charge is -2.18. The molecule has 1 aromatic rings. The van der Waals surface area contributed by atoms with E-state index in [2.05, 4.69) is 44.1 Å². The van der Waals surface area contributed by atoms with Crippen molar-refractivity contribution in [3.05, 3.63) is 30.2 Å². The van der Waals surface area contributed by atoms with E-state index < -0.39 is 7.80 Å². The van der Waals surface area contributed by atoms with Crippen LogP contribution in [-0.2, 0) is 14.2 Å². The van der Waals surface area contributed by atoms with Crippen LogP contribution in [-0.4, -0.2) is 24.5 Å². The van der Waals surface area contributed by atoms with Crippen LogP contribution < -0.4 is 0 Å². The zero-order valence-electron chi connectivity index (χ0n) is 24.2. The summed E-state index contributed by atoms with van der Waals surface area (Å²) in [5.74, 6) is 1.44. The summed E-state index contributed by atoms with van der Waals surface area (Å²) >= 11 is 0. The van der Waals surface area contributed by atoms with Gasteiger partial charge >= 0.3 is 0 Å². The van der Waals surface area contributed by atoms with Crippen LogP contribution in [0, 0.1) is 25.2 Å². The molecule has 1 aliphatic carbocycles. The van der Waals surface area contributed by atoms with E-state index in [4.69, 9.17) is 0 Å². The number of isocyanates is 2. The zero-order chi connectivity index (χ0) is 27.7. The normalized spacial score (nSPS) is 14.8. The van der Waals surface area contributed by atoms with E-state index in [0.29, 0.717) is 11.4 Å². The van der Waals surface area contributed by atoms with Crippen LogP contribution >= 0.6 is 7.80 Å². The lowest BCUT2D eigenvalue weighted by atomic mass is 10.0. The fourth-order valence-electron chi connectivity index (χ4n) is 4.40. The van der Waals surface area contributed by atoms with Crippen molar-refractivity contribution in [2.24, 2.45) is 21.8 Å². The molecule has 0 aromatic heterocycles. The Balaban J connectivity index is 0.000000587. The smallest absolute Gasteiger partial charge is 0.240 e. The maximum Gasteiger partial charge on any atom is 0.240 e. The summed E-state index contributed by atoms with van der Waals surface area (Å²) < 4.78 is 12.3. The highest BCUT2D eigenvalue weighted by atomic mass is 31.1. The lowest BCUT2D eigenvalue weighted by Crippen LogP contribution is -2.07. The Morgan fingerprint density at radius 2 is 1.38 bits per heavy atom. The summed E-state index contributed by atoms with van der Waals surface area (Å²) in [4.78, 5) is 26.8. The van der Waals surface area contributed by atoms with Gasteiger partial charge in [0.1, 0.15) is 0 Å². The van der Waals surface area contributed by atoms with Gasteiger partial charge in [-0.25, -0.2) is 9.59 Å². The van der Waals surface area contributed by atoms with Gasteiger partial charge in [0.15, 0.2) is 0 Å². The molecular formula is C31H52N2O3P. The molecule has 0 spiro atoms. The van der Waals surface area contributed by atoms with E-state index in [1.54, 1.807) is 19.1 Å². The fraction of sp³-hybridized carbons (Fsp3) is 0.710. The number of aryl methyl sites for hydroxylation is 1. The maximum atomic E-state index is 12.3. The fourth-order valence-corrected chi connectivity index (χ4v) is 6.84. The Hall–Kier alpha value is -1.79. The van der Waals surface area contributed by atoms with Gasteiger partial charge in [0.05, 0.1) is 19.2 Å². The van der Waals surface area contributed by atoms with Gasteiger partial charge in [0.25, 0.3) is 0 Å². The second-order valence-electron chi connectivity index (χ2n) is 10.1. The van der Waals surface area contributed by atoms with E-state index in [1.807, 2.05) is 0 Å². The predicted molar refractivity (Wildman–Crippen MR) is 159 cm³/mol. The first-order chi connectivity index (χ1) is 17.9. The summed E-state index contributed by atoms with van der Waals surface area (Å²) in [7, 11) is -1.32. The molecule has 0 N–H and O–H groups in total. The van der Waals surface area contributed by atoms with Gasteiger partial charge in [-0.1, -0.05) is 117 Å². The highest BCUT2D eigenvalue weighted by molar-refractivity contribution is 7.44. The van der Waals surface area contributed by atoms with E-state index in [0.717, 1.165) is 29.7 Å². The van der Waals surface area contributed by atoms with Crippen molar-refractivity contribution in [1.82, 2.24) is 0 Å². The molecule has 1 aromatic carbocycles. The van der Waals surface area contributed by atoms with Crippen molar-refractivity contribution in [1.29, 1.82) is 0 Å². The van der Waals surface area contributed by atoms with Crippen LogP contribution in [0.25, 0.3) is 0 Å². The molecule has 0 saturated heterocycles. The number of hydrogen-bond donors (Lipinski definition) is 0. The van der Waals surface area contributed by atoms with E-state index in [9.17, 15) is 14.2 Å². The van der Waals surface area contributed by atoms with Crippen LogP contribution in [0.4, 0.5) is 11.4 Å². The third-order valence-electron chi connectivity index (χ3n) is 6.97. The molecule has 0 amide bonds. The third-order valence-corrected chi connectivity index (χ3v) is 9.03. The van der Waals surface area contributed by atoms with E-state index in [1.165, 1.54) is 102 Å².